The van der Waals surface area contributed by atoms with Crippen LogP contribution in [0.2, 0.25) is 0 Å². The summed E-state index contributed by atoms with van der Waals surface area (Å²) in [5.41, 5.74) is 6.26. The predicted octanol–water partition coefficient (Wildman–Crippen LogP) is 12.8. The zero-order valence-corrected chi connectivity index (χ0v) is 32.4. The number of rotatable bonds is 35. The van der Waals surface area contributed by atoms with Crippen molar-refractivity contribution in [1.82, 2.24) is 0 Å². The van der Waals surface area contributed by atoms with E-state index in [1.54, 1.807) is 0 Å². The Morgan fingerprint density at radius 1 is 0.111 bits per heavy atom. The van der Waals surface area contributed by atoms with Crippen LogP contribution in [0.5, 0.6) is 0 Å². The van der Waals surface area contributed by atoms with Crippen LogP contribution in [0, 0.1) is 5.53 Å². The van der Waals surface area contributed by atoms with Gasteiger partial charge in [0, 0.05) is 261 Å². The van der Waals surface area contributed by atoms with Crippen molar-refractivity contribution in [2.45, 2.75) is 0 Å². The summed E-state index contributed by atoms with van der Waals surface area (Å²) < 4.78 is 0. The van der Waals surface area contributed by atoms with E-state index in [9.17, 15) is 0 Å². The molecule has 0 aromatic rings. The third-order valence-corrected chi connectivity index (χ3v) is 2.78. The van der Waals surface area contributed by atoms with Gasteiger partial charge in [0.15, 0.2) is 0 Å². The summed E-state index contributed by atoms with van der Waals surface area (Å²) in [6, 6.07) is 0. The third-order valence-electron chi connectivity index (χ3n) is 2.78. The quantitative estimate of drug-likeness (QED) is 0.0351. The van der Waals surface area contributed by atoms with Crippen LogP contribution in [-0.4, -0.2) is 7.64 Å². The second-order valence-corrected chi connectivity index (χ2v) is 6.30. The minimum absolute atomic E-state index is 2.50. The molecule has 0 amide bonds. The van der Waals surface area contributed by atoms with Gasteiger partial charge in [0.2, 0.25) is 0 Å². The van der Waals surface area contributed by atoms with Gasteiger partial charge in [-0.25, -0.2) is 0 Å². The van der Waals surface area contributed by atoms with Crippen LogP contribution in [0.25, 0.3) is 0 Å². The Labute approximate surface area is 379 Å². The number of nitrogens with zero attached hydrogens (tertiary/aromatic N) is 70. The molecule has 71 nitrogen and oxygen atoms in total. The summed E-state index contributed by atoms with van der Waals surface area (Å²) in [5, 5.41) is 208. The first kappa shape index (κ1) is 57.9. The molecule has 0 bridgehead atoms. The summed E-state index contributed by atoms with van der Waals surface area (Å²) in [7, 11) is 4.63. The van der Waals surface area contributed by atoms with Crippen molar-refractivity contribution in [1.29, 1.82) is 5.53 Å². The Hall–Kier alpha value is -14.1. The average Bonchev–Trinajstić information content (AvgIpc) is 3.39. The Balaban J connectivity index is 4.09. The molecule has 359 valence electrons. The molecular weight excluding hydrogens is 1010 g/mol. The Morgan fingerprint density at radius 2 is 0.181 bits per heavy atom. The van der Waals surface area contributed by atoms with Crippen molar-refractivity contribution >= 4 is 7.64 Å². The fourth-order valence-corrected chi connectivity index (χ4v) is 1.22. The third kappa shape index (κ3) is 55.9. The van der Waals surface area contributed by atoms with Gasteiger partial charge in [-0.3, -0.25) is 0 Å². The van der Waals surface area contributed by atoms with Crippen molar-refractivity contribution in [2.75, 3.05) is 0 Å². The minimum atomic E-state index is 2.50. The van der Waals surface area contributed by atoms with Gasteiger partial charge in [0.25, 0.3) is 0 Å². The molecule has 0 aliphatic rings. The second-order valence-electron chi connectivity index (χ2n) is 6.30. The SMILES string of the molecule is [B]=N\N=N/N=N\N=N/N=N\N=N/N=N\N=N/N=N\N=N/N=N\N=N/N=N\N=N/N=N\N=N/N=N\N=N/N=N\N=N/N=N\N=N/N=N\N=N/N=N\N=N/N=N\N=N/N=N\N=N/N=N\N=N/N=N\N=N/N=N\N=N. The molecule has 0 aromatic heterocycles. The zero-order chi connectivity index (χ0) is 51.5. The molecule has 0 unspecified atom stereocenters. The van der Waals surface area contributed by atoms with Gasteiger partial charge < -0.3 is 0 Å². The molecule has 0 saturated carbocycles. The Morgan fingerprint density at radius 3 is 0.250 bits per heavy atom. The Kier molecular flexibility index (Phi) is 45.7. The van der Waals surface area contributed by atoms with Crippen molar-refractivity contribution < 1.29 is 0 Å². The maximum absolute atomic E-state index is 6.26. The van der Waals surface area contributed by atoms with Crippen LogP contribution in [0.15, 0.2) is 365 Å². The smallest absolute Gasteiger partial charge is 0.183 e. The van der Waals surface area contributed by atoms with E-state index in [2.05, 4.69) is 373 Å². The van der Waals surface area contributed by atoms with E-state index in [-0.39, 0.29) is 0 Å². The first-order chi connectivity index (χ1) is 35.9. The van der Waals surface area contributed by atoms with E-state index in [1.807, 2.05) is 0 Å². The van der Waals surface area contributed by atoms with E-state index in [0.717, 1.165) is 0 Å². The standard InChI is InChI=1S/BHN71/c1-3-5-7-9-11-13-15-17-19-21-23-25-27-29-31-33-35-37-39-41-43-45-47-49-51-53-55-57-59-61-63-65-67-69-71-72-70-68-66-64-62-60-58-56-54-52-50-48-46-44-42-40-38-36-34-32-30-28-26-24-22-20-18-16-14-12-10-8-6-4-2/h2H/b4-2?,7-5-,8-6-,11-9-,12-10-,15-13-,16-14-,19-17-,20-18-,23-21-,24-22-,27-25-,28-26-,31-29-,32-30-,35-33-,36-34-,39-37-,40-38-,43-41-,44-42-,47-45-,48-46-,51-49-,52-50-,55-53-,56-54-,59-57-,60-58-,63-61-,64-62-,67-65-,68-66-,71-69-,72-70-. The fraction of sp³-hybridized carbons (Fsp3) is 0. The average molecular weight is 1010 g/mol. The van der Waals surface area contributed by atoms with Crippen LogP contribution in [0.3, 0.4) is 0 Å². The fourth-order valence-electron chi connectivity index (χ4n) is 1.22. The van der Waals surface area contributed by atoms with E-state index in [1.165, 1.54) is 0 Å². The van der Waals surface area contributed by atoms with Gasteiger partial charge in [-0.1, -0.05) is 0 Å². The van der Waals surface area contributed by atoms with Crippen LogP contribution < -0.4 is 0 Å². The van der Waals surface area contributed by atoms with Crippen molar-refractivity contribution in [3.05, 3.63) is 0 Å². The number of hydrogen-bond acceptors (Lipinski definition) is 2. The first-order valence-corrected chi connectivity index (χ1v) is 14.3. The summed E-state index contributed by atoms with van der Waals surface area (Å²) in [5.74, 6) is 0. The topological polar surface area (TPSA) is 889 Å². The molecule has 0 rings (SSSR count). The maximum atomic E-state index is 6.26. The molecule has 72 heteroatoms. The summed E-state index contributed by atoms with van der Waals surface area (Å²) in [4.78, 5) is 0. The van der Waals surface area contributed by atoms with Gasteiger partial charge >= 0.3 is 70.1 Å². The Bertz CT molecular complexity index is 2320. The predicted molar refractivity (Wildman–Crippen MR) is 178 cm³/mol. The van der Waals surface area contributed by atoms with E-state index in [4.69, 9.17) is 5.53 Å². The monoisotopic (exact) mass is 1010 g/mol. The molecule has 0 aliphatic heterocycles. The normalized spacial score (nSPS) is 15.4. The van der Waals surface area contributed by atoms with Gasteiger partial charge in [0.1, 0.15) is 0 Å². The molecule has 1 radical (unpaired) electrons. The number of nitrogens with one attached hydrogen (secondary N) is 1. The van der Waals surface area contributed by atoms with Crippen molar-refractivity contribution in [3.8, 4) is 0 Å². The van der Waals surface area contributed by atoms with Gasteiger partial charge in [-0.15, -0.1) is 0 Å². The number of hydrogen-bond donors (Lipinski definition) is 1. The molecule has 0 fully saturated rings. The van der Waals surface area contributed by atoms with Gasteiger partial charge in [-0.2, -0.15) is 5.53 Å². The molecule has 0 aliphatic carbocycles. The molecule has 0 atom stereocenters. The van der Waals surface area contributed by atoms with Crippen LogP contribution >= 0.6 is 0 Å². The van der Waals surface area contributed by atoms with E-state index in [0.29, 0.717) is 0 Å². The summed E-state index contributed by atoms with van der Waals surface area (Å²) in [6.45, 7) is 0. The van der Waals surface area contributed by atoms with Crippen LogP contribution in [-0.2, 0) is 0 Å². The van der Waals surface area contributed by atoms with Crippen LogP contribution in [0.4, 0.5) is 0 Å². The summed E-state index contributed by atoms with van der Waals surface area (Å²) in [6.07, 6.45) is 0. The molecule has 1 N–H and O–H groups in total. The molecule has 0 spiro atoms. The zero-order valence-electron chi connectivity index (χ0n) is 32.4. The van der Waals surface area contributed by atoms with Crippen molar-refractivity contribution in [2.24, 2.45) is 365 Å². The van der Waals surface area contributed by atoms with E-state index >= 15 is 0 Å². The summed E-state index contributed by atoms with van der Waals surface area (Å²) >= 11 is 0. The van der Waals surface area contributed by atoms with Gasteiger partial charge in [0.05, 0.1) is 0 Å². The minimum Gasteiger partial charge on any atom is -0.183 e. The molecular formula is HBN71. The molecule has 0 heterocycles. The van der Waals surface area contributed by atoms with Gasteiger partial charge in [-0.05, 0) is 41.8 Å². The van der Waals surface area contributed by atoms with Crippen molar-refractivity contribution in [3.63, 3.8) is 0 Å². The molecule has 72 heavy (non-hydrogen) atoms. The second kappa shape index (κ2) is 56.9. The van der Waals surface area contributed by atoms with Crippen LogP contribution in [0.1, 0.15) is 0 Å². The molecule has 0 saturated heterocycles. The first-order valence-electron chi connectivity index (χ1n) is 14.3. The molecule has 0 aromatic carbocycles. The van der Waals surface area contributed by atoms with E-state index < -0.39 is 0 Å².